The fourth-order valence-corrected chi connectivity index (χ4v) is 2.46. The molecule has 3 rings (SSSR count). The van der Waals surface area contributed by atoms with E-state index < -0.39 is 0 Å². The van der Waals surface area contributed by atoms with Gasteiger partial charge in [0.1, 0.15) is 25.0 Å². The van der Waals surface area contributed by atoms with Crippen LogP contribution in [0.4, 0.5) is 10.1 Å². The molecule has 1 saturated heterocycles. The summed E-state index contributed by atoms with van der Waals surface area (Å²) in [6.45, 7) is 2.62. The van der Waals surface area contributed by atoms with Gasteiger partial charge in [-0.3, -0.25) is 4.79 Å². The molecule has 1 aromatic carbocycles. The number of rotatable bonds is 3. The van der Waals surface area contributed by atoms with Crippen molar-refractivity contribution in [1.29, 1.82) is 0 Å². The number of anilines is 1. The highest BCUT2D eigenvalue weighted by Crippen LogP contribution is 2.20. The lowest BCUT2D eigenvalue weighted by molar-refractivity contribution is -0.132. The summed E-state index contributed by atoms with van der Waals surface area (Å²) < 4.78 is 15.2. The van der Waals surface area contributed by atoms with Crippen LogP contribution in [-0.4, -0.2) is 51.8 Å². The number of carbonyl (C=O) groups is 1. The molecule has 1 amide bonds. The van der Waals surface area contributed by atoms with Crippen LogP contribution in [-0.2, 0) is 11.3 Å². The SMILES string of the molecule is O=C(Cn1cncn1)N1CCN(c2ccccc2F)CC1. The highest BCUT2D eigenvalue weighted by atomic mass is 19.1. The first-order valence-electron chi connectivity index (χ1n) is 6.84. The van der Waals surface area contributed by atoms with E-state index in [9.17, 15) is 9.18 Å². The van der Waals surface area contributed by atoms with Crippen molar-refractivity contribution in [3.63, 3.8) is 0 Å². The molecule has 7 heteroatoms. The van der Waals surface area contributed by atoms with Gasteiger partial charge in [-0.15, -0.1) is 0 Å². The van der Waals surface area contributed by atoms with Crippen molar-refractivity contribution in [2.75, 3.05) is 31.1 Å². The van der Waals surface area contributed by atoms with Crippen molar-refractivity contribution in [3.05, 3.63) is 42.7 Å². The third-order valence-electron chi connectivity index (χ3n) is 3.59. The van der Waals surface area contributed by atoms with Crippen molar-refractivity contribution in [2.45, 2.75) is 6.54 Å². The van der Waals surface area contributed by atoms with Gasteiger partial charge in [-0.2, -0.15) is 5.10 Å². The number of halogens is 1. The van der Waals surface area contributed by atoms with Gasteiger partial charge in [-0.25, -0.2) is 14.1 Å². The molecule has 6 nitrogen and oxygen atoms in total. The van der Waals surface area contributed by atoms with E-state index in [-0.39, 0.29) is 18.3 Å². The van der Waals surface area contributed by atoms with E-state index in [1.807, 2.05) is 11.0 Å². The molecule has 0 atom stereocenters. The predicted octanol–water partition coefficient (Wildman–Crippen LogP) is 0.766. The average Bonchev–Trinajstić information content (AvgIpc) is 3.01. The molecule has 0 unspecified atom stereocenters. The van der Waals surface area contributed by atoms with Crippen LogP contribution in [0.25, 0.3) is 0 Å². The zero-order chi connectivity index (χ0) is 14.7. The Morgan fingerprint density at radius 2 is 1.95 bits per heavy atom. The quantitative estimate of drug-likeness (QED) is 0.837. The lowest BCUT2D eigenvalue weighted by Gasteiger charge is -2.36. The molecule has 0 saturated carbocycles. The number of nitrogens with zero attached hydrogens (tertiary/aromatic N) is 5. The third-order valence-corrected chi connectivity index (χ3v) is 3.59. The summed E-state index contributed by atoms with van der Waals surface area (Å²) in [4.78, 5) is 19.7. The van der Waals surface area contributed by atoms with Crippen LogP contribution in [0.15, 0.2) is 36.9 Å². The maximum Gasteiger partial charge on any atom is 0.244 e. The van der Waals surface area contributed by atoms with Crippen molar-refractivity contribution in [2.24, 2.45) is 0 Å². The standard InChI is InChI=1S/C14H16FN5O/c15-12-3-1-2-4-13(12)18-5-7-19(8-6-18)14(21)9-20-11-16-10-17-20/h1-4,10-11H,5-9H2. The number of aromatic nitrogens is 3. The molecule has 0 N–H and O–H groups in total. The summed E-state index contributed by atoms with van der Waals surface area (Å²) in [5.74, 6) is -0.214. The molecule has 110 valence electrons. The summed E-state index contributed by atoms with van der Waals surface area (Å²) >= 11 is 0. The van der Waals surface area contributed by atoms with Crippen LogP contribution in [0, 0.1) is 5.82 Å². The van der Waals surface area contributed by atoms with E-state index in [0.717, 1.165) is 0 Å². The van der Waals surface area contributed by atoms with Crippen LogP contribution >= 0.6 is 0 Å². The number of para-hydroxylation sites is 1. The van der Waals surface area contributed by atoms with E-state index in [4.69, 9.17) is 0 Å². The van der Waals surface area contributed by atoms with Crippen LogP contribution in [0.3, 0.4) is 0 Å². The summed E-state index contributed by atoms with van der Waals surface area (Å²) in [7, 11) is 0. The van der Waals surface area contributed by atoms with Gasteiger partial charge >= 0.3 is 0 Å². The third kappa shape index (κ3) is 3.01. The van der Waals surface area contributed by atoms with Crippen LogP contribution in [0.5, 0.6) is 0 Å². The van der Waals surface area contributed by atoms with Crippen LogP contribution < -0.4 is 4.90 Å². The van der Waals surface area contributed by atoms with Crippen molar-refractivity contribution < 1.29 is 9.18 Å². The van der Waals surface area contributed by atoms with E-state index in [2.05, 4.69) is 10.1 Å². The Balaban J connectivity index is 1.58. The normalized spacial score (nSPS) is 15.3. The summed E-state index contributed by atoms with van der Waals surface area (Å²) in [6.07, 6.45) is 2.93. The van der Waals surface area contributed by atoms with E-state index >= 15 is 0 Å². The minimum absolute atomic E-state index is 0.00804. The first-order chi connectivity index (χ1) is 10.2. The fourth-order valence-electron chi connectivity index (χ4n) is 2.46. The number of hydrogen-bond acceptors (Lipinski definition) is 4. The number of amides is 1. The summed E-state index contributed by atoms with van der Waals surface area (Å²) in [5.41, 5.74) is 0.598. The molecule has 0 spiro atoms. The fraction of sp³-hybridized carbons (Fsp3) is 0.357. The van der Waals surface area contributed by atoms with E-state index in [1.54, 1.807) is 17.0 Å². The number of carbonyl (C=O) groups excluding carboxylic acids is 1. The Hall–Kier alpha value is -2.44. The topological polar surface area (TPSA) is 54.3 Å². The zero-order valence-electron chi connectivity index (χ0n) is 11.5. The van der Waals surface area contributed by atoms with Gasteiger partial charge in [-0.1, -0.05) is 12.1 Å². The molecule has 1 aromatic heterocycles. The summed E-state index contributed by atoms with van der Waals surface area (Å²) in [5, 5.41) is 3.92. The first kappa shape index (κ1) is 13.5. The molecular weight excluding hydrogens is 273 g/mol. The molecular formula is C14H16FN5O. The summed E-state index contributed by atoms with van der Waals surface area (Å²) in [6, 6.07) is 6.72. The number of benzene rings is 1. The van der Waals surface area contributed by atoms with Crippen LogP contribution in [0.1, 0.15) is 0 Å². The Labute approximate surface area is 121 Å². The molecule has 0 bridgehead atoms. The van der Waals surface area contributed by atoms with Gasteiger partial charge in [0.05, 0.1) is 5.69 Å². The van der Waals surface area contributed by atoms with E-state index in [0.29, 0.717) is 31.9 Å². The molecule has 1 aliphatic rings. The van der Waals surface area contributed by atoms with Gasteiger partial charge in [0.2, 0.25) is 5.91 Å². The first-order valence-corrected chi connectivity index (χ1v) is 6.84. The van der Waals surface area contributed by atoms with Gasteiger partial charge in [0, 0.05) is 26.2 Å². The van der Waals surface area contributed by atoms with Gasteiger partial charge in [-0.05, 0) is 12.1 Å². The predicted molar refractivity (Wildman–Crippen MR) is 75.2 cm³/mol. The molecule has 1 aliphatic heterocycles. The lowest BCUT2D eigenvalue weighted by atomic mass is 10.2. The van der Waals surface area contributed by atoms with Gasteiger partial charge in [0.15, 0.2) is 0 Å². The maximum atomic E-state index is 13.7. The Bertz CT molecular complexity index is 608. The van der Waals surface area contributed by atoms with Crippen molar-refractivity contribution in [3.8, 4) is 0 Å². The molecule has 2 heterocycles. The Morgan fingerprint density at radius 3 is 2.62 bits per heavy atom. The second kappa shape index (κ2) is 5.90. The number of piperazine rings is 1. The highest BCUT2D eigenvalue weighted by molar-refractivity contribution is 5.76. The lowest BCUT2D eigenvalue weighted by Crippen LogP contribution is -2.49. The minimum Gasteiger partial charge on any atom is -0.366 e. The van der Waals surface area contributed by atoms with Gasteiger partial charge < -0.3 is 9.80 Å². The van der Waals surface area contributed by atoms with Crippen molar-refractivity contribution >= 4 is 11.6 Å². The van der Waals surface area contributed by atoms with Crippen molar-refractivity contribution in [1.82, 2.24) is 19.7 Å². The second-order valence-electron chi connectivity index (χ2n) is 4.91. The average molecular weight is 289 g/mol. The molecule has 1 fully saturated rings. The van der Waals surface area contributed by atoms with Gasteiger partial charge in [0.25, 0.3) is 0 Å². The molecule has 0 radical (unpaired) electrons. The molecule has 21 heavy (non-hydrogen) atoms. The Morgan fingerprint density at radius 1 is 1.19 bits per heavy atom. The molecule has 0 aliphatic carbocycles. The number of hydrogen-bond donors (Lipinski definition) is 0. The van der Waals surface area contributed by atoms with E-state index in [1.165, 1.54) is 23.4 Å². The smallest absolute Gasteiger partial charge is 0.244 e. The van der Waals surface area contributed by atoms with Crippen LogP contribution in [0.2, 0.25) is 0 Å². The Kier molecular flexibility index (Phi) is 3.81. The second-order valence-corrected chi connectivity index (χ2v) is 4.91. The monoisotopic (exact) mass is 289 g/mol. The maximum absolute atomic E-state index is 13.7. The molecule has 2 aromatic rings. The minimum atomic E-state index is -0.222. The largest absolute Gasteiger partial charge is 0.366 e. The zero-order valence-corrected chi connectivity index (χ0v) is 11.5. The highest BCUT2D eigenvalue weighted by Gasteiger charge is 2.22.